The minimum absolute atomic E-state index is 0.318. The number of aryl methyl sites for hydroxylation is 1. The van der Waals surface area contributed by atoms with Gasteiger partial charge in [-0.25, -0.2) is 14.8 Å². The second-order valence-corrected chi connectivity index (χ2v) is 6.20. The largest absolute Gasteiger partial charge is 0.465 e. The second-order valence-electron chi connectivity index (χ2n) is 5.31. The van der Waals surface area contributed by atoms with E-state index in [1.807, 2.05) is 35.2 Å². The topological polar surface area (TPSA) is 57.0 Å². The number of esters is 1. The highest BCUT2D eigenvalue weighted by Gasteiger charge is 2.10. The molecule has 122 valence electrons. The first kappa shape index (κ1) is 16.1. The molecule has 2 heterocycles. The normalized spacial score (nSPS) is 11.5. The van der Waals surface area contributed by atoms with Crippen LogP contribution < -0.4 is 0 Å². The first-order valence-corrected chi connectivity index (χ1v) is 8.30. The minimum atomic E-state index is -0.318. The van der Waals surface area contributed by atoms with Crippen LogP contribution in [0.1, 0.15) is 26.5 Å². The maximum absolute atomic E-state index is 11.7. The fraction of sp³-hybridized carbons (Fsp3) is 0.167. The van der Waals surface area contributed by atoms with Gasteiger partial charge in [0.05, 0.1) is 25.5 Å². The number of ether oxygens (including phenoxy) is 1. The van der Waals surface area contributed by atoms with E-state index in [9.17, 15) is 4.79 Å². The van der Waals surface area contributed by atoms with E-state index in [1.54, 1.807) is 36.1 Å². The van der Waals surface area contributed by atoms with Gasteiger partial charge in [0, 0.05) is 29.5 Å². The maximum Gasteiger partial charge on any atom is 0.338 e. The molecule has 3 rings (SSSR count). The molecular formula is C18H17N3O2S. The fourth-order valence-electron chi connectivity index (χ4n) is 2.45. The molecule has 1 aromatic carbocycles. The Morgan fingerprint density at radius 2 is 2.25 bits per heavy atom. The maximum atomic E-state index is 11.7. The monoisotopic (exact) mass is 339 g/mol. The summed E-state index contributed by atoms with van der Waals surface area (Å²) in [4.78, 5) is 20.2. The highest BCUT2D eigenvalue weighted by molar-refractivity contribution is 7.10. The van der Waals surface area contributed by atoms with Crippen LogP contribution in [0.3, 0.4) is 0 Å². The smallest absolute Gasteiger partial charge is 0.338 e. The number of carbonyl (C=O) groups excluding carboxylic acids is 1. The van der Waals surface area contributed by atoms with Crippen molar-refractivity contribution in [3.8, 4) is 0 Å². The number of thiazole rings is 1. The van der Waals surface area contributed by atoms with E-state index in [0.29, 0.717) is 12.1 Å². The second kappa shape index (κ2) is 7.23. The number of allylic oxidation sites excluding steroid dienone is 1. The molecule has 0 fully saturated rings. The van der Waals surface area contributed by atoms with Crippen LogP contribution in [-0.2, 0) is 11.3 Å². The molecule has 0 bridgehead atoms. The minimum Gasteiger partial charge on any atom is -0.465 e. The van der Waals surface area contributed by atoms with Gasteiger partial charge in [0.15, 0.2) is 0 Å². The van der Waals surface area contributed by atoms with Gasteiger partial charge in [-0.3, -0.25) is 0 Å². The first-order valence-electron chi connectivity index (χ1n) is 7.42. The molecule has 0 saturated heterocycles. The third kappa shape index (κ3) is 3.60. The van der Waals surface area contributed by atoms with Gasteiger partial charge in [0.1, 0.15) is 5.01 Å². The standard InChI is InChI=1S/C18H17N3O2S/c1-13-9-14(3-4-16(13)18(22)23-2)10-15(17-20-6-8-24-17)11-21-7-5-19-12-21/h3-10,12H,11H2,1-2H3/b15-10+. The molecule has 0 N–H and O–H groups in total. The van der Waals surface area contributed by atoms with E-state index in [2.05, 4.69) is 16.0 Å². The van der Waals surface area contributed by atoms with Crippen molar-refractivity contribution in [2.75, 3.05) is 7.11 Å². The molecule has 0 saturated carbocycles. The quantitative estimate of drug-likeness (QED) is 0.666. The van der Waals surface area contributed by atoms with Gasteiger partial charge in [0.25, 0.3) is 0 Å². The van der Waals surface area contributed by atoms with Gasteiger partial charge in [-0.05, 0) is 30.2 Å². The van der Waals surface area contributed by atoms with Crippen LogP contribution in [0.2, 0.25) is 0 Å². The summed E-state index contributed by atoms with van der Waals surface area (Å²) in [6.07, 6.45) is 9.36. The summed E-state index contributed by atoms with van der Waals surface area (Å²) in [5.41, 5.74) is 3.58. The molecule has 0 aliphatic heterocycles. The third-order valence-electron chi connectivity index (χ3n) is 3.62. The first-order chi connectivity index (χ1) is 11.7. The molecule has 0 unspecified atom stereocenters. The lowest BCUT2D eigenvalue weighted by Crippen LogP contribution is -2.03. The van der Waals surface area contributed by atoms with Crippen molar-refractivity contribution >= 4 is 29.0 Å². The zero-order chi connectivity index (χ0) is 16.9. The molecular weight excluding hydrogens is 322 g/mol. The lowest BCUT2D eigenvalue weighted by molar-refractivity contribution is 0.0600. The van der Waals surface area contributed by atoms with Gasteiger partial charge < -0.3 is 9.30 Å². The molecule has 0 amide bonds. The Labute approximate surface area is 144 Å². The Bertz CT molecular complexity index is 853. The van der Waals surface area contributed by atoms with Gasteiger partial charge >= 0.3 is 5.97 Å². The van der Waals surface area contributed by atoms with Crippen LogP contribution in [0.15, 0.2) is 48.5 Å². The van der Waals surface area contributed by atoms with Crippen molar-refractivity contribution in [2.24, 2.45) is 0 Å². The fourth-order valence-corrected chi connectivity index (χ4v) is 3.10. The van der Waals surface area contributed by atoms with E-state index >= 15 is 0 Å². The van der Waals surface area contributed by atoms with Crippen molar-refractivity contribution in [1.29, 1.82) is 0 Å². The summed E-state index contributed by atoms with van der Waals surface area (Å²) in [5.74, 6) is -0.318. The van der Waals surface area contributed by atoms with Crippen molar-refractivity contribution in [1.82, 2.24) is 14.5 Å². The number of nitrogens with zero attached hydrogens (tertiary/aromatic N) is 3. The van der Waals surface area contributed by atoms with Crippen LogP contribution in [0.25, 0.3) is 11.6 Å². The lowest BCUT2D eigenvalue weighted by atomic mass is 10.0. The van der Waals surface area contributed by atoms with Gasteiger partial charge in [-0.2, -0.15) is 0 Å². The number of carbonyl (C=O) groups is 1. The SMILES string of the molecule is COC(=O)c1ccc(/C=C(\Cn2ccnc2)c2nccs2)cc1C. The molecule has 2 aromatic heterocycles. The number of methoxy groups -OCH3 is 1. The Kier molecular flexibility index (Phi) is 4.86. The average Bonchev–Trinajstić information content (AvgIpc) is 3.27. The lowest BCUT2D eigenvalue weighted by Gasteiger charge is -2.08. The van der Waals surface area contributed by atoms with Crippen LogP contribution in [-0.4, -0.2) is 27.6 Å². The number of hydrogen-bond donors (Lipinski definition) is 0. The average molecular weight is 339 g/mol. The summed E-state index contributed by atoms with van der Waals surface area (Å²) in [5, 5.41) is 2.93. The Balaban J connectivity index is 1.95. The third-order valence-corrected chi connectivity index (χ3v) is 4.46. The Morgan fingerprint density at radius 3 is 2.88 bits per heavy atom. The molecule has 3 aromatic rings. The zero-order valence-electron chi connectivity index (χ0n) is 13.5. The number of benzene rings is 1. The van der Waals surface area contributed by atoms with E-state index in [1.165, 1.54) is 7.11 Å². The molecule has 6 heteroatoms. The van der Waals surface area contributed by atoms with Crippen LogP contribution in [0.4, 0.5) is 0 Å². The molecule has 0 aliphatic carbocycles. The van der Waals surface area contributed by atoms with Crippen molar-refractivity contribution in [3.05, 3.63) is 70.2 Å². The van der Waals surface area contributed by atoms with E-state index in [0.717, 1.165) is 21.7 Å². The van der Waals surface area contributed by atoms with Crippen molar-refractivity contribution in [2.45, 2.75) is 13.5 Å². The van der Waals surface area contributed by atoms with Crippen LogP contribution in [0.5, 0.6) is 0 Å². The molecule has 0 aliphatic rings. The molecule has 0 atom stereocenters. The van der Waals surface area contributed by atoms with Crippen LogP contribution >= 0.6 is 11.3 Å². The summed E-state index contributed by atoms with van der Waals surface area (Å²) in [6.45, 7) is 2.59. The summed E-state index contributed by atoms with van der Waals surface area (Å²) in [7, 11) is 1.39. The summed E-state index contributed by atoms with van der Waals surface area (Å²) < 4.78 is 6.80. The Morgan fingerprint density at radius 1 is 1.38 bits per heavy atom. The number of aromatic nitrogens is 3. The van der Waals surface area contributed by atoms with E-state index in [-0.39, 0.29) is 5.97 Å². The highest BCUT2D eigenvalue weighted by atomic mass is 32.1. The molecule has 0 spiro atoms. The van der Waals surface area contributed by atoms with Crippen LogP contribution in [0, 0.1) is 6.92 Å². The van der Waals surface area contributed by atoms with Gasteiger partial charge in [-0.1, -0.05) is 12.1 Å². The highest BCUT2D eigenvalue weighted by Crippen LogP contribution is 2.23. The Hall–Kier alpha value is -2.73. The van der Waals surface area contributed by atoms with E-state index in [4.69, 9.17) is 4.74 Å². The zero-order valence-corrected chi connectivity index (χ0v) is 14.3. The number of rotatable bonds is 5. The number of hydrogen-bond acceptors (Lipinski definition) is 5. The predicted molar refractivity (Wildman–Crippen MR) is 94.7 cm³/mol. The predicted octanol–water partition coefficient (Wildman–Crippen LogP) is 3.68. The summed E-state index contributed by atoms with van der Waals surface area (Å²) >= 11 is 1.60. The number of imidazole rings is 1. The molecule has 0 radical (unpaired) electrons. The van der Waals surface area contributed by atoms with Gasteiger partial charge in [0.2, 0.25) is 0 Å². The summed E-state index contributed by atoms with van der Waals surface area (Å²) in [6, 6.07) is 5.69. The molecule has 5 nitrogen and oxygen atoms in total. The van der Waals surface area contributed by atoms with Gasteiger partial charge in [-0.15, -0.1) is 11.3 Å². The molecule has 24 heavy (non-hydrogen) atoms. The van der Waals surface area contributed by atoms with Crippen molar-refractivity contribution in [3.63, 3.8) is 0 Å². The van der Waals surface area contributed by atoms with Crippen molar-refractivity contribution < 1.29 is 9.53 Å². The van der Waals surface area contributed by atoms with E-state index < -0.39 is 0 Å².